The monoisotopic (exact) mass is 327 g/mol. The summed E-state index contributed by atoms with van der Waals surface area (Å²) in [6.07, 6.45) is 2.66. The maximum atomic E-state index is 12.5. The van der Waals surface area contributed by atoms with Crippen molar-refractivity contribution in [2.24, 2.45) is 0 Å². The second-order valence-corrected chi connectivity index (χ2v) is 5.14. The van der Waals surface area contributed by atoms with E-state index in [9.17, 15) is 24.9 Å². The molecule has 0 heterocycles. The first-order valence-electron chi connectivity index (χ1n) is 7.21. The molecule has 3 N–H and O–H groups in total. The van der Waals surface area contributed by atoms with Gasteiger partial charge in [0.1, 0.15) is 6.04 Å². The molecule has 0 aromatic heterocycles. The van der Waals surface area contributed by atoms with Crippen LogP contribution in [0.3, 0.4) is 0 Å². The average molecular weight is 327 g/mol. The first-order valence-corrected chi connectivity index (χ1v) is 7.21. The minimum atomic E-state index is -1.12. The van der Waals surface area contributed by atoms with Crippen LogP contribution < -0.4 is 4.90 Å². The Morgan fingerprint density at radius 1 is 1.04 bits per heavy atom. The van der Waals surface area contributed by atoms with Crippen LogP contribution in [-0.4, -0.2) is 33.2 Å². The Labute approximate surface area is 138 Å². The van der Waals surface area contributed by atoms with Crippen molar-refractivity contribution in [1.29, 1.82) is 0 Å². The van der Waals surface area contributed by atoms with Gasteiger partial charge in [-0.15, -0.1) is 0 Å². The van der Waals surface area contributed by atoms with Crippen LogP contribution in [0.25, 0.3) is 6.08 Å². The predicted octanol–water partition coefficient (Wildman–Crippen LogP) is 2.62. The third-order valence-corrected chi connectivity index (χ3v) is 3.43. The van der Waals surface area contributed by atoms with Crippen molar-refractivity contribution in [2.75, 3.05) is 4.90 Å². The van der Waals surface area contributed by atoms with Gasteiger partial charge >= 0.3 is 5.97 Å². The van der Waals surface area contributed by atoms with Crippen LogP contribution in [-0.2, 0) is 9.59 Å². The van der Waals surface area contributed by atoms with Gasteiger partial charge in [-0.2, -0.15) is 0 Å². The Hall–Kier alpha value is -3.28. The number of carboxylic acid groups (broad SMARTS) is 1. The third kappa shape index (κ3) is 3.92. The lowest BCUT2D eigenvalue weighted by molar-refractivity contribution is -0.139. The molecule has 24 heavy (non-hydrogen) atoms. The van der Waals surface area contributed by atoms with Gasteiger partial charge in [0, 0.05) is 11.8 Å². The Morgan fingerprint density at radius 3 is 2.29 bits per heavy atom. The van der Waals surface area contributed by atoms with Crippen molar-refractivity contribution in [3.63, 3.8) is 0 Å². The number of hydrogen-bond acceptors (Lipinski definition) is 4. The molecule has 0 unspecified atom stereocenters. The molecule has 0 spiro atoms. The van der Waals surface area contributed by atoms with Crippen LogP contribution in [0.4, 0.5) is 5.69 Å². The van der Waals surface area contributed by atoms with Gasteiger partial charge in [0.2, 0.25) is 0 Å². The molecule has 6 nitrogen and oxygen atoms in total. The topological polar surface area (TPSA) is 98.1 Å². The van der Waals surface area contributed by atoms with E-state index in [2.05, 4.69) is 0 Å². The number of para-hydroxylation sites is 1. The SMILES string of the molecule is C[C@@H](C(=O)O)N(C(=O)/C=C/c1ccc(O)c(O)c1)c1ccccc1. The zero-order valence-corrected chi connectivity index (χ0v) is 13.0. The van der Waals surface area contributed by atoms with Gasteiger partial charge in [-0.1, -0.05) is 24.3 Å². The Kier molecular flexibility index (Phi) is 5.21. The molecule has 6 heteroatoms. The lowest BCUT2D eigenvalue weighted by Crippen LogP contribution is -2.42. The molecule has 0 saturated carbocycles. The minimum absolute atomic E-state index is 0.260. The van der Waals surface area contributed by atoms with Gasteiger partial charge < -0.3 is 15.3 Å². The number of amides is 1. The number of phenols is 2. The predicted molar refractivity (Wildman–Crippen MR) is 89.8 cm³/mol. The summed E-state index contributed by atoms with van der Waals surface area (Å²) in [4.78, 5) is 24.9. The Bertz CT molecular complexity index is 770. The number of carbonyl (C=O) groups is 2. The minimum Gasteiger partial charge on any atom is -0.504 e. The molecular formula is C18H17NO5. The molecule has 0 fully saturated rings. The molecule has 0 aliphatic heterocycles. The maximum Gasteiger partial charge on any atom is 0.326 e. The summed E-state index contributed by atoms with van der Waals surface area (Å²) in [6, 6.07) is 11.6. The summed E-state index contributed by atoms with van der Waals surface area (Å²) in [6.45, 7) is 1.42. The van der Waals surface area contributed by atoms with Crippen molar-refractivity contribution < 1.29 is 24.9 Å². The van der Waals surface area contributed by atoms with Crippen molar-refractivity contribution in [1.82, 2.24) is 0 Å². The highest BCUT2D eigenvalue weighted by molar-refractivity contribution is 6.07. The molecular weight excluding hydrogens is 310 g/mol. The largest absolute Gasteiger partial charge is 0.504 e. The number of anilines is 1. The summed E-state index contributed by atoms with van der Waals surface area (Å²) in [5, 5.41) is 28.0. The highest BCUT2D eigenvalue weighted by Crippen LogP contribution is 2.25. The highest BCUT2D eigenvalue weighted by atomic mass is 16.4. The molecule has 0 aliphatic rings. The van der Waals surface area contributed by atoms with Crippen molar-refractivity contribution in [2.45, 2.75) is 13.0 Å². The summed E-state index contributed by atoms with van der Waals surface area (Å²) >= 11 is 0. The van der Waals surface area contributed by atoms with E-state index in [4.69, 9.17) is 0 Å². The maximum absolute atomic E-state index is 12.5. The number of benzene rings is 2. The van der Waals surface area contributed by atoms with Crippen molar-refractivity contribution in [3.8, 4) is 11.5 Å². The smallest absolute Gasteiger partial charge is 0.326 e. The van der Waals surface area contributed by atoms with Gasteiger partial charge in [0.05, 0.1) is 0 Å². The second kappa shape index (κ2) is 7.32. The Balaban J connectivity index is 2.29. The molecule has 1 amide bonds. The van der Waals surface area contributed by atoms with Crippen molar-refractivity contribution >= 4 is 23.6 Å². The van der Waals surface area contributed by atoms with Crippen LogP contribution in [0.1, 0.15) is 12.5 Å². The van der Waals surface area contributed by atoms with Gasteiger partial charge in [-0.25, -0.2) is 4.79 Å². The van der Waals surface area contributed by atoms with Crippen LogP contribution in [0.5, 0.6) is 11.5 Å². The van der Waals surface area contributed by atoms with Crippen LogP contribution in [0.2, 0.25) is 0 Å². The standard InChI is InChI=1S/C18H17NO5/c1-12(18(23)24)19(14-5-3-2-4-6-14)17(22)10-8-13-7-9-15(20)16(21)11-13/h2-12,20-21H,1H3,(H,23,24)/b10-8+/t12-/m0/s1. The fourth-order valence-corrected chi connectivity index (χ4v) is 2.13. The Morgan fingerprint density at radius 2 is 1.71 bits per heavy atom. The first-order chi connectivity index (χ1) is 11.4. The highest BCUT2D eigenvalue weighted by Gasteiger charge is 2.25. The van der Waals surface area contributed by atoms with E-state index in [0.717, 1.165) is 0 Å². The molecule has 1 atom stereocenters. The van der Waals surface area contributed by atoms with Gasteiger partial charge in [0.25, 0.3) is 5.91 Å². The third-order valence-electron chi connectivity index (χ3n) is 3.43. The zero-order chi connectivity index (χ0) is 17.7. The van der Waals surface area contributed by atoms with E-state index in [1.165, 1.54) is 42.2 Å². The number of carboxylic acids is 1. The summed E-state index contributed by atoms with van der Waals surface area (Å²) in [5.74, 6) is -2.20. The second-order valence-electron chi connectivity index (χ2n) is 5.14. The molecule has 2 rings (SSSR count). The molecule has 0 saturated heterocycles. The normalized spacial score (nSPS) is 12.0. The van der Waals surface area contributed by atoms with E-state index >= 15 is 0 Å². The van der Waals surface area contributed by atoms with Crippen LogP contribution >= 0.6 is 0 Å². The quantitative estimate of drug-likeness (QED) is 0.579. The summed E-state index contributed by atoms with van der Waals surface area (Å²) < 4.78 is 0. The number of aromatic hydroxyl groups is 2. The lowest BCUT2D eigenvalue weighted by atomic mass is 10.1. The molecule has 124 valence electrons. The first kappa shape index (κ1) is 17.1. The number of rotatable bonds is 5. The fraction of sp³-hybridized carbons (Fsp3) is 0.111. The van der Waals surface area contributed by atoms with Crippen molar-refractivity contribution in [3.05, 3.63) is 60.2 Å². The number of carbonyl (C=O) groups excluding carboxylic acids is 1. The number of nitrogens with zero attached hydrogens (tertiary/aromatic N) is 1. The number of phenolic OH excluding ortho intramolecular Hbond substituents is 2. The van der Waals surface area contributed by atoms with Crippen LogP contribution in [0, 0.1) is 0 Å². The van der Waals surface area contributed by atoms with Gasteiger partial charge in [0.15, 0.2) is 11.5 Å². The lowest BCUT2D eigenvalue weighted by Gasteiger charge is -2.25. The molecule has 0 radical (unpaired) electrons. The average Bonchev–Trinajstić information content (AvgIpc) is 2.57. The molecule has 0 bridgehead atoms. The molecule has 0 aliphatic carbocycles. The summed E-state index contributed by atoms with van der Waals surface area (Å²) in [7, 11) is 0. The van der Waals surface area contributed by atoms with E-state index in [1.54, 1.807) is 30.3 Å². The number of hydrogen-bond donors (Lipinski definition) is 3. The van der Waals surface area contributed by atoms with Gasteiger partial charge in [-0.05, 0) is 42.8 Å². The van der Waals surface area contributed by atoms with Crippen LogP contribution in [0.15, 0.2) is 54.6 Å². The zero-order valence-electron chi connectivity index (χ0n) is 13.0. The molecule has 2 aromatic carbocycles. The fourth-order valence-electron chi connectivity index (χ4n) is 2.13. The van der Waals surface area contributed by atoms with E-state index in [0.29, 0.717) is 11.3 Å². The van der Waals surface area contributed by atoms with Gasteiger partial charge in [-0.3, -0.25) is 9.69 Å². The van der Waals surface area contributed by atoms with E-state index in [-0.39, 0.29) is 11.5 Å². The summed E-state index contributed by atoms with van der Waals surface area (Å²) in [5.41, 5.74) is 0.963. The van der Waals surface area contributed by atoms with E-state index < -0.39 is 17.9 Å². The molecule has 2 aromatic rings. The van der Waals surface area contributed by atoms with E-state index in [1.807, 2.05) is 0 Å². The number of aliphatic carboxylic acids is 1.